The van der Waals surface area contributed by atoms with Crippen molar-refractivity contribution in [2.45, 2.75) is 25.7 Å². The summed E-state index contributed by atoms with van der Waals surface area (Å²) in [5, 5.41) is 13.4. The van der Waals surface area contributed by atoms with E-state index in [-0.39, 0.29) is 23.1 Å². The third-order valence-electron chi connectivity index (χ3n) is 4.99. The first kappa shape index (κ1) is 24.5. The second-order valence-corrected chi connectivity index (χ2v) is 10.3. The van der Waals surface area contributed by atoms with Gasteiger partial charge in [-0.2, -0.15) is 0 Å². The van der Waals surface area contributed by atoms with Crippen LogP contribution in [0.5, 0.6) is 0 Å². The second kappa shape index (κ2) is 12.9. The first-order valence-corrected chi connectivity index (χ1v) is 11.5. The maximum atomic E-state index is 9.07. The Labute approximate surface area is 180 Å². The Hall–Kier alpha value is -1.51. The Morgan fingerprint density at radius 2 is 0.893 bits per heavy atom. The number of hydrogen-bond acceptors (Lipinski definition) is 2. The van der Waals surface area contributed by atoms with Gasteiger partial charge in [0, 0.05) is 6.61 Å². The number of aliphatic hydroxyl groups is 1. The fraction of sp³-hybridized carbons (Fsp3) is 0.250. The van der Waals surface area contributed by atoms with Crippen molar-refractivity contribution in [3.05, 3.63) is 91.0 Å². The molecule has 0 aromatic heterocycles. The topological polar surface area (TPSA) is 55.2 Å². The Balaban J connectivity index is 0.00000196. The van der Waals surface area contributed by atoms with E-state index in [2.05, 4.69) is 91.0 Å². The van der Waals surface area contributed by atoms with Gasteiger partial charge < -0.3 is 28.2 Å². The molecule has 3 aromatic carbocycles. The van der Waals surface area contributed by atoms with Crippen molar-refractivity contribution in [1.82, 2.24) is 6.15 Å². The zero-order valence-corrected chi connectivity index (χ0v) is 18.9. The molecule has 28 heavy (non-hydrogen) atoms. The molecule has 3 aromatic rings. The zero-order valence-electron chi connectivity index (χ0n) is 16.4. The van der Waals surface area contributed by atoms with E-state index in [0.29, 0.717) is 6.61 Å². The van der Waals surface area contributed by atoms with Crippen molar-refractivity contribution < 1.29 is 22.1 Å². The molecule has 0 aliphatic rings. The summed E-state index contributed by atoms with van der Waals surface area (Å²) >= 11 is 0. The van der Waals surface area contributed by atoms with E-state index in [1.54, 1.807) is 0 Å². The van der Waals surface area contributed by atoms with Crippen molar-refractivity contribution in [1.29, 1.82) is 0 Å². The number of unbranched alkanes of at least 4 members (excludes halogenated alkanes) is 3. The third kappa shape index (κ3) is 5.75. The Kier molecular flexibility index (Phi) is 11.3. The van der Waals surface area contributed by atoms with Crippen LogP contribution in [0.4, 0.5) is 0 Å². The van der Waals surface area contributed by atoms with Crippen LogP contribution in [0.1, 0.15) is 25.7 Å². The van der Waals surface area contributed by atoms with Gasteiger partial charge in [0.1, 0.15) is 23.2 Å². The summed E-state index contributed by atoms with van der Waals surface area (Å²) in [5.74, 6) is 0. The summed E-state index contributed by atoms with van der Waals surface area (Å²) < 4.78 is 0. The minimum Gasteiger partial charge on any atom is -1.00 e. The highest BCUT2D eigenvalue weighted by Gasteiger charge is 2.44. The van der Waals surface area contributed by atoms with Gasteiger partial charge in [-0.3, -0.25) is 0 Å². The summed E-state index contributed by atoms with van der Waals surface area (Å²) in [6.45, 7) is 0.302. The molecule has 4 heteroatoms. The fourth-order valence-electron chi connectivity index (χ4n) is 3.70. The smallest absolute Gasteiger partial charge is 0.112 e. The number of benzene rings is 3. The molecule has 150 valence electrons. The largest absolute Gasteiger partial charge is 1.00 e. The van der Waals surface area contributed by atoms with Gasteiger partial charge in [0.15, 0.2) is 0 Å². The first-order valence-electron chi connectivity index (χ1n) is 9.54. The lowest BCUT2D eigenvalue weighted by atomic mass is 10.2. The lowest BCUT2D eigenvalue weighted by Crippen LogP contribution is -3.00. The lowest BCUT2D eigenvalue weighted by Gasteiger charge is -2.27. The molecule has 2 nitrogen and oxygen atoms in total. The number of halogens is 1. The number of rotatable bonds is 9. The summed E-state index contributed by atoms with van der Waals surface area (Å²) in [6, 6.07) is 33.2. The molecule has 0 saturated carbocycles. The number of hydrogen-bond donors (Lipinski definition) is 2. The molecular weight excluding hydrogens is 429 g/mol. The molecule has 3 rings (SSSR count). The van der Waals surface area contributed by atoms with Crippen molar-refractivity contribution in [3.8, 4) is 0 Å². The predicted octanol–water partition coefficient (Wildman–Crippen LogP) is 1.70. The van der Waals surface area contributed by atoms with Crippen LogP contribution in [0.3, 0.4) is 0 Å². The van der Waals surface area contributed by atoms with Crippen molar-refractivity contribution in [2.75, 3.05) is 12.8 Å². The standard InChI is InChI=1S/C24H28OP.BrH.H3N/c25-20-12-1-2-13-21-26(22-14-6-3-7-15-22,23-16-8-4-9-17-23)24-18-10-5-11-19-24;;/h3-11,14-19,25H,1-2,12-13,20-21H2;1H;1H3/q+1;;/p-1. The Bertz CT molecular complexity index is 672. The van der Waals surface area contributed by atoms with E-state index in [1.165, 1.54) is 34.9 Å². The molecule has 0 aliphatic heterocycles. The van der Waals surface area contributed by atoms with Crippen LogP contribution in [0.25, 0.3) is 0 Å². The van der Waals surface area contributed by atoms with Crippen molar-refractivity contribution in [3.63, 3.8) is 0 Å². The van der Waals surface area contributed by atoms with Gasteiger partial charge in [0.05, 0.1) is 6.16 Å². The highest BCUT2D eigenvalue weighted by molar-refractivity contribution is 7.95. The minimum absolute atomic E-state index is 0. The molecule has 0 heterocycles. The molecular formula is C24H31BrNOP. The normalized spacial score (nSPS) is 10.6. The van der Waals surface area contributed by atoms with Crippen LogP contribution in [0.15, 0.2) is 91.0 Å². The molecule has 0 fully saturated rings. The van der Waals surface area contributed by atoms with Crippen molar-refractivity contribution in [2.24, 2.45) is 0 Å². The van der Waals surface area contributed by atoms with E-state index in [1.807, 2.05) is 0 Å². The average molecular weight is 460 g/mol. The summed E-state index contributed by atoms with van der Waals surface area (Å²) in [6.07, 6.45) is 5.56. The molecule has 4 N–H and O–H groups in total. The van der Waals surface area contributed by atoms with Gasteiger partial charge >= 0.3 is 0 Å². The SMILES string of the molecule is N.OCCCCCC[P+](c1ccccc1)(c1ccccc1)c1ccccc1.[Br-]. The van der Waals surface area contributed by atoms with E-state index < -0.39 is 7.26 Å². The monoisotopic (exact) mass is 459 g/mol. The predicted molar refractivity (Wildman–Crippen MR) is 121 cm³/mol. The summed E-state index contributed by atoms with van der Waals surface area (Å²) in [4.78, 5) is 0. The molecule has 0 amide bonds. The maximum absolute atomic E-state index is 9.07. The highest BCUT2D eigenvalue weighted by atomic mass is 79.9. The molecule has 0 spiro atoms. The van der Waals surface area contributed by atoms with Crippen LogP contribution >= 0.6 is 7.26 Å². The van der Waals surface area contributed by atoms with Crippen LogP contribution < -0.4 is 39.0 Å². The third-order valence-corrected chi connectivity index (χ3v) is 9.52. The minimum atomic E-state index is -1.66. The molecule has 0 radical (unpaired) electrons. The Morgan fingerprint density at radius 3 is 1.25 bits per heavy atom. The van der Waals surface area contributed by atoms with Crippen LogP contribution in [-0.2, 0) is 0 Å². The summed E-state index contributed by atoms with van der Waals surface area (Å²) in [7, 11) is -1.66. The van der Waals surface area contributed by atoms with E-state index in [4.69, 9.17) is 5.11 Å². The molecule has 0 unspecified atom stereocenters. The van der Waals surface area contributed by atoms with E-state index >= 15 is 0 Å². The lowest BCUT2D eigenvalue weighted by molar-refractivity contribution is -0.00000672. The van der Waals surface area contributed by atoms with Crippen LogP contribution in [0.2, 0.25) is 0 Å². The van der Waals surface area contributed by atoms with Crippen LogP contribution in [0, 0.1) is 0 Å². The van der Waals surface area contributed by atoms with Gasteiger partial charge in [-0.05, 0) is 55.7 Å². The van der Waals surface area contributed by atoms with Gasteiger partial charge in [-0.25, -0.2) is 0 Å². The molecule has 0 aliphatic carbocycles. The highest BCUT2D eigenvalue weighted by Crippen LogP contribution is 2.55. The van der Waals surface area contributed by atoms with Crippen LogP contribution in [-0.4, -0.2) is 17.9 Å². The number of aliphatic hydroxyl groups excluding tert-OH is 1. The quantitative estimate of drug-likeness (QED) is 0.378. The van der Waals surface area contributed by atoms with Crippen molar-refractivity contribution >= 4 is 23.2 Å². The summed E-state index contributed by atoms with van der Waals surface area (Å²) in [5.41, 5.74) is 0. The van der Waals surface area contributed by atoms with E-state index in [9.17, 15) is 0 Å². The molecule has 0 saturated heterocycles. The maximum Gasteiger partial charge on any atom is 0.112 e. The Morgan fingerprint density at radius 1 is 0.536 bits per heavy atom. The molecule has 0 bridgehead atoms. The first-order chi connectivity index (χ1) is 12.9. The van der Waals surface area contributed by atoms with Gasteiger partial charge in [0.25, 0.3) is 0 Å². The average Bonchev–Trinajstić information content (AvgIpc) is 2.73. The van der Waals surface area contributed by atoms with Gasteiger partial charge in [0.2, 0.25) is 0 Å². The zero-order chi connectivity index (χ0) is 18.1. The van der Waals surface area contributed by atoms with Gasteiger partial charge in [-0.1, -0.05) is 61.0 Å². The molecule has 0 atom stereocenters. The fourth-order valence-corrected chi connectivity index (χ4v) is 8.11. The second-order valence-electron chi connectivity index (χ2n) is 6.68. The van der Waals surface area contributed by atoms with E-state index in [0.717, 1.165) is 12.8 Å². The van der Waals surface area contributed by atoms with Gasteiger partial charge in [-0.15, -0.1) is 0 Å².